The van der Waals surface area contributed by atoms with Gasteiger partial charge >= 0.3 is 0 Å². The lowest BCUT2D eigenvalue weighted by Crippen LogP contribution is -2.27. The van der Waals surface area contributed by atoms with Crippen molar-refractivity contribution >= 4 is 44.8 Å². The van der Waals surface area contributed by atoms with E-state index in [1.807, 2.05) is 24.3 Å². The molecule has 1 N–H and O–H groups in total. The minimum absolute atomic E-state index is 0.0126. The second kappa shape index (κ2) is 7.63. The summed E-state index contributed by atoms with van der Waals surface area (Å²) in [6, 6.07) is 10.3. The quantitative estimate of drug-likeness (QED) is 0.509. The first-order valence-electron chi connectivity index (χ1n) is 9.40. The zero-order valence-electron chi connectivity index (χ0n) is 17.3. The molecule has 4 nitrogen and oxygen atoms in total. The Morgan fingerprint density at radius 2 is 1.68 bits per heavy atom. The Morgan fingerprint density at radius 1 is 0.929 bits per heavy atom. The van der Waals surface area contributed by atoms with Gasteiger partial charge in [0, 0.05) is 32.1 Å². The molecule has 0 radical (unpaired) electrons. The lowest BCUT2D eigenvalue weighted by atomic mass is 9.91. The molecule has 0 aliphatic rings. The summed E-state index contributed by atoms with van der Waals surface area (Å²) < 4.78 is 1.04. The molecule has 0 atom stereocenters. The van der Waals surface area contributed by atoms with Crippen LogP contribution >= 0.6 is 15.9 Å². The molecule has 0 bridgehead atoms. The van der Waals surface area contributed by atoms with Crippen LogP contribution in [0.3, 0.4) is 0 Å². The normalized spacial score (nSPS) is 12.7. The highest BCUT2D eigenvalue weighted by Gasteiger charge is 2.16. The van der Waals surface area contributed by atoms with Crippen molar-refractivity contribution in [2.45, 2.75) is 52.5 Å². The Bertz CT molecular complexity index is 1030. The smallest absolute Gasteiger partial charge is 0.134 e. The Labute approximate surface area is 175 Å². The predicted molar refractivity (Wildman–Crippen MR) is 122 cm³/mol. The van der Waals surface area contributed by atoms with E-state index in [-0.39, 0.29) is 11.0 Å². The van der Waals surface area contributed by atoms with E-state index in [0.717, 1.165) is 38.1 Å². The summed E-state index contributed by atoms with van der Waals surface area (Å²) in [7, 11) is 0. The Kier molecular flexibility index (Phi) is 5.57. The molecule has 5 heteroatoms. The number of fused-ring (bicyclic) bond motifs is 1. The molecule has 3 aromatic rings. The first-order chi connectivity index (χ1) is 13.0. The van der Waals surface area contributed by atoms with Gasteiger partial charge in [0.15, 0.2) is 0 Å². The van der Waals surface area contributed by atoms with Gasteiger partial charge in [-0.25, -0.2) is 15.0 Å². The number of anilines is 1. The number of nitrogens with one attached hydrogen (secondary N) is 1. The van der Waals surface area contributed by atoms with Crippen molar-refractivity contribution in [3.63, 3.8) is 0 Å². The van der Waals surface area contributed by atoms with Gasteiger partial charge in [-0.05, 0) is 63.3 Å². The van der Waals surface area contributed by atoms with E-state index in [2.05, 4.69) is 91.0 Å². The molecule has 3 rings (SSSR count). The third kappa shape index (κ3) is 5.16. The zero-order valence-corrected chi connectivity index (χ0v) is 18.9. The lowest BCUT2D eigenvalue weighted by molar-refractivity contribution is 0.566. The molecule has 1 aromatic carbocycles. The molecule has 0 aliphatic heterocycles. The van der Waals surface area contributed by atoms with Crippen LogP contribution in [0, 0.1) is 0 Å². The SMILES string of the molecule is CC(C)(C)Nc1nc2ccc(Br)cc2cc1C=Cc1cc(C(C)(C)C)ncn1. The average molecular weight is 439 g/mol. The molecule has 28 heavy (non-hydrogen) atoms. The van der Waals surface area contributed by atoms with Crippen molar-refractivity contribution in [1.29, 1.82) is 0 Å². The second-order valence-corrected chi connectivity index (χ2v) is 9.97. The van der Waals surface area contributed by atoms with Gasteiger partial charge in [0.05, 0.1) is 11.2 Å². The summed E-state index contributed by atoms with van der Waals surface area (Å²) in [5, 5.41) is 4.61. The van der Waals surface area contributed by atoms with Gasteiger partial charge in [-0.3, -0.25) is 0 Å². The molecule has 0 amide bonds. The van der Waals surface area contributed by atoms with Gasteiger partial charge in [0.1, 0.15) is 12.1 Å². The Hall–Kier alpha value is -2.27. The van der Waals surface area contributed by atoms with Crippen molar-refractivity contribution in [2.75, 3.05) is 5.32 Å². The van der Waals surface area contributed by atoms with Crippen molar-refractivity contribution in [1.82, 2.24) is 15.0 Å². The zero-order chi connectivity index (χ0) is 20.5. The fourth-order valence-corrected chi connectivity index (χ4v) is 3.17. The summed E-state index contributed by atoms with van der Waals surface area (Å²) >= 11 is 3.55. The summed E-state index contributed by atoms with van der Waals surface area (Å²) in [5.74, 6) is 0.865. The topological polar surface area (TPSA) is 50.7 Å². The first-order valence-corrected chi connectivity index (χ1v) is 10.2. The van der Waals surface area contributed by atoms with Crippen LogP contribution in [0.25, 0.3) is 23.1 Å². The molecule has 0 aliphatic carbocycles. The highest BCUT2D eigenvalue weighted by molar-refractivity contribution is 9.10. The van der Waals surface area contributed by atoms with E-state index in [9.17, 15) is 0 Å². The fraction of sp³-hybridized carbons (Fsp3) is 0.348. The van der Waals surface area contributed by atoms with Gasteiger partial charge in [-0.2, -0.15) is 0 Å². The standard InChI is InChI=1S/C23H27BrN4/c1-22(2,3)20-13-18(25-14-26-20)9-7-15-11-16-12-17(24)8-10-19(16)27-21(15)28-23(4,5)6/h7-14H,1-6H3,(H,27,28). The number of aromatic nitrogens is 3. The number of nitrogens with zero attached hydrogens (tertiary/aromatic N) is 3. The number of pyridine rings is 1. The van der Waals surface area contributed by atoms with E-state index >= 15 is 0 Å². The van der Waals surface area contributed by atoms with Crippen LogP contribution in [0.2, 0.25) is 0 Å². The maximum absolute atomic E-state index is 4.85. The van der Waals surface area contributed by atoms with Crippen molar-refractivity contribution in [3.8, 4) is 0 Å². The maximum Gasteiger partial charge on any atom is 0.134 e. The summed E-state index contributed by atoms with van der Waals surface area (Å²) in [4.78, 5) is 13.7. The monoisotopic (exact) mass is 438 g/mol. The minimum Gasteiger partial charge on any atom is -0.365 e. The van der Waals surface area contributed by atoms with Crippen LogP contribution in [0.4, 0.5) is 5.82 Å². The highest BCUT2D eigenvalue weighted by Crippen LogP contribution is 2.27. The molecule has 146 valence electrons. The van der Waals surface area contributed by atoms with Crippen LogP contribution in [0.1, 0.15) is 58.5 Å². The van der Waals surface area contributed by atoms with Crippen LogP contribution in [0.15, 0.2) is 41.1 Å². The van der Waals surface area contributed by atoms with Crippen LogP contribution in [-0.4, -0.2) is 20.5 Å². The van der Waals surface area contributed by atoms with E-state index < -0.39 is 0 Å². The first kappa shape index (κ1) is 20.5. The van der Waals surface area contributed by atoms with Crippen LogP contribution in [0.5, 0.6) is 0 Å². The molecule has 0 saturated heterocycles. The van der Waals surface area contributed by atoms with E-state index in [1.165, 1.54) is 0 Å². The molecule has 0 saturated carbocycles. The summed E-state index contributed by atoms with van der Waals surface area (Å²) in [6.07, 6.45) is 5.71. The number of rotatable bonds is 3. The largest absolute Gasteiger partial charge is 0.365 e. The summed E-state index contributed by atoms with van der Waals surface area (Å²) in [5.41, 5.74) is 3.79. The van der Waals surface area contributed by atoms with Gasteiger partial charge in [-0.15, -0.1) is 0 Å². The molecular formula is C23H27BrN4. The number of hydrogen-bond donors (Lipinski definition) is 1. The van der Waals surface area contributed by atoms with Gasteiger partial charge < -0.3 is 5.32 Å². The van der Waals surface area contributed by atoms with Crippen molar-refractivity contribution < 1.29 is 0 Å². The predicted octanol–water partition coefficient (Wildman–Crippen LogP) is 6.47. The van der Waals surface area contributed by atoms with Crippen molar-refractivity contribution in [2.24, 2.45) is 0 Å². The Balaban J connectivity index is 2.05. The lowest BCUT2D eigenvalue weighted by Gasteiger charge is -2.23. The number of halogens is 1. The molecule has 0 fully saturated rings. The molecule has 2 heterocycles. The molecule has 0 spiro atoms. The number of hydrogen-bond acceptors (Lipinski definition) is 4. The van der Waals surface area contributed by atoms with Gasteiger partial charge in [0.2, 0.25) is 0 Å². The van der Waals surface area contributed by atoms with E-state index in [0.29, 0.717) is 0 Å². The molecular weight excluding hydrogens is 412 g/mol. The number of benzene rings is 1. The average Bonchev–Trinajstić information content (AvgIpc) is 2.58. The third-order valence-electron chi connectivity index (χ3n) is 4.19. The highest BCUT2D eigenvalue weighted by atomic mass is 79.9. The van der Waals surface area contributed by atoms with Gasteiger partial charge in [-0.1, -0.05) is 36.7 Å². The van der Waals surface area contributed by atoms with E-state index in [4.69, 9.17) is 4.98 Å². The van der Waals surface area contributed by atoms with E-state index in [1.54, 1.807) is 6.33 Å². The van der Waals surface area contributed by atoms with Crippen LogP contribution in [-0.2, 0) is 5.41 Å². The second-order valence-electron chi connectivity index (χ2n) is 9.05. The third-order valence-corrected chi connectivity index (χ3v) is 4.68. The maximum atomic E-state index is 4.85. The van der Waals surface area contributed by atoms with Crippen molar-refractivity contribution in [3.05, 3.63) is 58.1 Å². The molecule has 0 unspecified atom stereocenters. The summed E-state index contributed by atoms with van der Waals surface area (Å²) in [6.45, 7) is 12.9. The fourth-order valence-electron chi connectivity index (χ4n) is 2.79. The van der Waals surface area contributed by atoms with Gasteiger partial charge in [0.25, 0.3) is 0 Å². The molecule has 2 aromatic heterocycles. The van der Waals surface area contributed by atoms with Crippen LogP contribution < -0.4 is 5.32 Å². The minimum atomic E-state index is -0.0903. The Morgan fingerprint density at radius 3 is 2.36 bits per heavy atom.